The maximum atomic E-state index is 10.5. The maximum Gasteiger partial charge on any atom is 0.216 e. The van der Waals surface area contributed by atoms with E-state index in [1.807, 2.05) is 0 Å². The SMILES string of the molecule is CC(=O)NCC[SH]=C[CH]CC(C)C. The van der Waals surface area contributed by atoms with Gasteiger partial charge in [0, 0.05) is 19.2 Å². The monoisotopic (exact) mass is 202 g/mol. The van der Waals surface area contributed by atoms with Crippen molar-refractivity contribution in [2.75, 3.05) is 12.3 Å². The first kappa shape index (κ1) is 12.7. The second kappa shape index (κ2) is 8.30. The number of nitrogens with one attached hydrogen (secondary N) is 1. The lowest BCUT2D eigenvalue weighted by Gasteiger charge is -1.99. The Bertz CT molecular complexity index is 166. The van der Waals surface area contributed by atoms with Gasteiger partial charge in [0.25, 0.3) is 0 Å². The number of thiol groups is 1. The molecular weight excluding hydrogens is 182 g/mol. The molecule has 0 unspecified atom stereocenters. The van der Waals surface area contributed by atoms with Gasteiger partial charge in [0.2, 0.25) is 5.91 Å². The quantitative estimate of drug-likeness (QED) is 0.383. The minimum atomic E-state index is 0.0568. The normalized spacial score (nSPS) is 11.7. The van der Waals surface area contributed by atoms with E-state index in [-0.39, 0.29) is 5.91 Å². The molecule has 0 saturated carbocycles. The highest BCUT2D eigenvalue weighted by Gasteiger charge is 1.90. The summed E-state index contributed by atoms with van der Waals surface area (Å²) in [6.07, 6.45) is 3.35. The molecule has 0 aliphatic carbocycles. The number of amides is 1. The zero-order valence-electron chi connectivity index (χ0n) is 8.71. The fourth-order valence-electron chi connectivity index (χ4n) is 0.779. The van der Waals surface area contributed by atoms with Gasteiger partial charge in [-0.25, -0.2) is 11.4 Å². The van der Waals surface area contributed by atoms with Gasteiger partial charge in [-0.3, -0.25) is 4.79 Å². The van der Waals surface area contributed by atoms with Crippen LogP contribution >= 0.6 is 11.4 Å². The lowest BCUT2D eigenvalue weighted by molar-refractivity contribution is -0.118. The van der Waals surface area contributed by atoms with Gasteiger partial charge in [-0.15, -0.1) is 0 Å². The van der Waals surface area contributed by atoms with E-state index in [0.717, 1.165) is 24.6 Å². The summed E-state index contributed by atoms with van der Waals surface area (Å²) >= 11 is 1.29. The molecule has 0 aromatic carbocycles. The van der Waals surface area contributed by atoms with Crippen molar-refractivity contribution < 1.29 is 4.79 Å². The van der Waals surface area contributed by atoms with Crippen molar-refractivity contribution in [3.8, 4) is 0 Å². The molecule has 0 aromatic rings. The van der Waals surface area contributed by atoms with Crippen LogP contribution in [0.4, 0.5) is 0 Å². The van der Waals surface area contributed by atoms with Crippen molar-refractivity contribution in [3.63, 3.8) is 0 Å². The van der Waals surface area contributed by atoms with E-state index in [1.54, 1.807) is 6.92 Å². The lowest BCUT2D eigenvalue weighted by atomic mass is 10.1. The average molecular weight is 202 g/mol. The van der Waals surface area contributed by atoms with E-state index in [4.69, 9.17) is 0 Å². The number of hydrogen-bond donors (Lipinski definition) is 2. The Kier molecular flexibility index (Phi) is 8.10. The summed E-state index contributed by atoms with van der Waals surface area (Å²) < 4.78 is 0. The summed E-state index contributed by atoms with van der Waals surface area (Å²) in [5, 5.41) is 4.93. The highest BCUT2D eigenvalue weighted by molar-refractivity contribution is 7.97. The van der Waals surface area contributed by atoms with Crippen LogP contribution in [0.15, 0.2) is 0 Å². The van der Waals surface area contributed by atoms with Crippen LogP contribution in [0.1, 0.15) is 27.2 Å². The molecule has 0 aromatic heterocycles. The molecule has 77 valence electrons. The molecule has 0 fully saturated rings. The van der Waals surface area contributed by atoms with Crippen molar-refractivity contribution in [1.82, 2.24) is 5.32 Å². The lowest BCUT2D eigenvalue weighted by Crippen LogP contribution is -2.21. The topological polar surface area (TPSA) is 29.1 Å². The highest BCUT2D eigenvalue weighted by Crippen LogP contribution is 2.01. The smallest absolute Gasteiger partial charge is 0.216 e. The van der Waals surface area contributed by atoms with E-state index in [9.17, 15) is 4.79 Å². The van der Waals surface area contributed by atoms with Crippen molar-refractivity contribution in [3.05, 3.63) is 6.42 Å². The fourth-order valence-corrected chi connectivity index (χ4v) is 1.44. The summed E-state index contributed by atoms with van der Waals surface area (Å²) in [7, 11) is 0. The van der Waals surface area contributed by atoms with E-state index in [0.29, 0.717) is 0 Å². The van der Waals surface area contributed by atoms with E-state index < -0.39 is 0 Å². The van der Waals surface area contributed by atoms with E-state index in [2.05, 4.69) is 31.0 Å². The number of hydrogen-bond acceptors (Lipinski definition) is 1. The van der Waals surface area contributed by atoms with Crippen LogP contribution in [-0.4, -0.2) is 23.6 Å². The molecule has 13 heavy (non-hydrogen) atoms. The van der Waals surface area contributed by atoms with Crippen LogP contribution < -0.4 is 5.32 Å². The van der Waals surface area contributed by atoms with Crippen molar-refractivity contribution in [1.29, 1.82) is 0 Å². The van der Waals surface area contributed by atoms with Crippen LogP contribution in [0, 0.1) is 12.3 Å². The number of rotatable bonds is 6. The molecule has 0 aliphatic rings. The van der Waals surface area contributed by atoms with Gasteiger partial charge < -0.3 is 5.32 Å². The second-order valence-electron chi connectivity index (χ2n) is 3.40. The molecule has 0 spiro atoms. The first-order valence-corrected chi connectivity index (χ1v) is 5.84. The molecular formula is C10H20NOS. The molecule has 0 bridgehead atoms. The third-order valence-corrected chi connectivity index (χ3v) is 2.34. The molecule has 1 N–H and O–H groups in total. The highest BCUT2D eigenvalue weighted by atomic mass is 32.1. The van der Waals surface area contributed by atoms with Crippen LogP contribution in [0.5, 0.6) is 0 Å². The standard InChI is InChI=1S/C10H20NOS/c1-9(2)5-4-7-13-8-6-11-10(3)12/h4,7,9,13H,5-6,8H2,1-3H3,(H,11,12). The van der Waals surface area contributed by atoms with Crippen molar-refractivity contribution in [2.24, 2.45) is 5.92 Å². The van der Waals surface area contributed by atoms with Gasteiger partial charge in [0.15, 0.2) is 0 Å². The van der Waals surface area contributed by atoms with Crippen LogP contribution in [-0.2, 0) is 4.79 Å². The summed E-state index contributed by atoms with van der Waals surface area (Å²) in [5.74, 6) is 1.80. The summed E-state index contributed by atoms with van der Waals surface area (Å²) in [4.78, 5) is 10.5. The Morgan fingerprint density at radius 2 is 2.23 bits per heavy atom. The van der Waals surface area contributed by atoms with Crippen molar-refractivity contribution >= 4 is 22.6 Å². The third kappa shape index (κ3) is 11.7. The van der Waals surface area contributed by atoms with Gasteiger partial charge in [0.1, 0.15) is 0 Å². The minimum Gasteiger partial charge on any atom is -0.356 e. The summed E-state index contributed by atoms with van der Waals surface area (Å²) in [6.45, 7) is 6.74. The fraction of sp³-hybridized carbons (Fsp3) is 0.700. The zero-order valence-corrected chi connectivity index (χ0v) is 9.60. The second-order valence-corrected chi connectivity index (χ2v) is 4.51. The molecule has 1 radical (unpaired) electrons. The molecule has 2 nitrogen and oxygen atoms in total. The molecule has 1 amide bonds. The Morgan fingerprint density at radius 3 is 2.77 bits per heavy atom. The molecule has 3 heteroatoms. The molecule has 0 aliphatic heterocycles. The zero-order chi connectivity index (χ0) is 10.1. The molecule has 0 atom stereocenters. The third-order valence-electron chi connectivity index (χ3n) is 1.43. The predicted octanol–water partition coefficient (Wildman–Crippen LogP) is 1.64. The van der Waals surface area contributed by atoms with Crippen molar-refractivity contribution in [2.45, 2.75) is 27.2 Å². The maximum absolute atomic E-state index is 10.5. The Morgan fingerprint density at radius 1 is 1.54 bits per heavy atom. The van der Waals surface area contributed by atoms with Crippen LogP contribution in [0.2, 0.25) is 0 Å². The Labute approximate surface area is 85.1 Å². The van der Waals surface area contributed by atoms with Crippen LogP contribution in [0.25, 0.3) is 0 Å². The number of carbonyl (C=O) groups is 1. The summed E-state index contributed by atoms with van der Waals surface area (Å²) in [5.41, 5.74) is 0. The first-order chi connectivity index (χ1) is 6.13. The average Bonchev–Trinajstić information content (AvgIpc) is 2.01. The Balaban J connectivity index is 3.17. The van der Waals surface area contributed by atoms with Gasteiger partial charge in [-0.1, -0.05) is 19.2 Å². The Hall–Kier alpha value is -0.310. The summed E-state index contributed by atoms with van der Waals surface area (Å²) in [6, 6.07) is 0. The van der Waals surface area contributed by atoms with E-state index >= 15 is 0 Å². The molecule has 0 rings (SSSR count). The largest absolute Gasteiger partial charge is 0.356 e. The van der Waals surface area contributed by atoms with Gasteiger partial charge >= 0.3 is 0 Å². The predicted molar refractivity (Wildman–Crippen MR) is 62.4 cm³/mol. The van der Waals surface area contributed by atoms with Crippen LogP contribution in [0.3, 0.4) is 0 Å². The van der Waals surface area contributed by atoms with Gasteiger partial charge in [-0.2, -0.15) is 0 Å². The molecule has 0 heterocycles. The van der Waals surface area contributed by atoms with Gasteiger partial charge in [-0.05, 0) is 18.8 Å². The first-order valence-electron chi connectivity index (χ1n) is 4.69. The van der Waals surface area contributed by atoms with E-state index in [1.165, 1.54) is 11.4 Å². The minimum absolute atomic E-state index is 0.0568. The van der Waals surface area contributed by atoms with Gasteiger partial charge in [0.05, 0.1) is 0 Å². The molecule has 0 saturated heterocycles. The number of carbonyl (C=O) groups excluding carboxylic acids is 1.